The number of hydrogen-bond donors (Lipinski definition) is 0. The van der Waals surface area contributed by atoms with Gasteiger partial charge in [-0.2, -0.15) is 5.10 Å². The van der Waals surface area contributed by atoms with Gasteiger partial charge in [-0.25, -0.2) is 14.6 Å². The number of non-ortho nitro benzene ring substituents is 1. The fourth-order valence-electron chi connectivity index (χ4n) is 2.47. The van der Waals surface area contributed by atoms with Crippen LogP contribution in [0.15, 0.2) is 52.5 Å². The van der Waals surface area contributed by atoms with E-state index >= 15 is 0 Å². The van der Waals surface area contributed by atoms with E-state index in [-0.39, 0.29) is 5.69 Å². The number of hydrogen-bond acceptors (Lipinski definition) is 7. The zero-order valence-electron chi connectivity index (χ0n) is 13.7. The Balaban J connectivity index is 1.54. The average molecular weight is 367 g/mol. The first kappa shape index (κ1) is 16.2. The number of rotatable bonds is 5. The van der Waals surface area contributed by atoms with Crippen LogP contribution in [0.1, 0.15) is 11.5 Å². The smallest absolute Gasteiger partial charge is 0.269 e. The summed E-state index contributed by atoms with van der Waals surface area (Å²) in [6, 6.07) is 10.0. The van der Waals surface area contributed by atoms with Crippen molar-refractivity contribution in [2.45, 2.75) is 13.5 Å². The monoisotopic (exact) mass is 367 g/mol. The van der Waals surface area contributed by atoms with Gasteiger partial charge >= 0.3 is 0 Å². The summed E-state index contributed by atoms with van der Waals surface area (Å²) in [7, 11) is 0. The number of aryl methyl sites for hydroxylation is 1. The van der Waals surface area contributed by atoms with E-state index < -0.39 is 4.92 Å². The molecule has 9 heteroatoms. The summed E-state index contributed by atoms with van der Waals surface area (Å²) in [6.45, 7) is 2.30. The van der Waals surface area contributed by atoms with Gasteiger partial charge in [-0.15, -0.1) is 11.3 Å². The summed E-state index contributed by atoms with van der Waals surface area (Å²) in [4.78, 5) is 20.1. The van der Waals surface area contributed by atoms with Gasteiger partial charge in [-0.05, 0) is 30.5 Å². The molecule has 0 fully saturated rings. The minimum Gasteiger partial charge on any atom is -0.440 e. The molecule has 4 rings (SSSR count). The quantitative estimate of drug-likeness (QED) is 0.391. The van der Waals surface area contributed by atoms with Gasteiger partial charge < -0.3 is 4.42 Å². The summed E-state index contributed by atoms with van der Waals surface area (Å²) in [6.07, 6.45) is 1.61. The Morgan fingerprint density at radius 2 is 2.08 bits per heavy atom. The molecule has 0 aliphatic carbocycles. The highest BCUT2D eigenvalue weighted by Crippen LogP contribution is 2.26. The molecule has 0 saturated heterocycles. The van der Waals surface area contributed by atoms with E-state index in [0.29, 0.717) is 23.8 Å². The van der Waals surface area contributed by atoms with Gasteiger partial charge in [-0.3, -0.25) is 10.1 Å². The van der Waals surface area contributed by atoms with E-state index in [9.17, 15) is 10.1 Å². The van der Waals surface area contributed by atoms with Gasteiger partial charge in [0.1, 0.15) is 17.8 Å². The molecular formula is C17H13N5O3S. The van der Waals surface area contributed by atoms with Crippen molar-refractivity contribution in [1.29, 1.82) is 0 Å². The molecule has 0 amide bonds. The third kappa shape index (κ3) is 3.11. The normalized spacial score (nSPS) is 11.0. The van der Waals surface area contributed by atoms with Crippen LogP contribution < -0.4 is 0 Å². The average Bonchev–Trinajstić information content (AvgIpc) is 3.37. The van der Waals surface area contributed by atoms with Crippen molar-refractivity contribution in [3.8, 4) is 22.2 Å². The van der Waals surface area contributed by atoms with Crippen LogP contribution in [0, 0.1) is 17.0 Å². The van der Waals surface area contributed by atoms with Crippen LogP contribution >= 0.6 is 11.3 Å². The van der Waals surface area contributed by atoms with Gasteiger partial charge in [0, 0.05) is 17.7 Å². The van der Waals surface area contributed by atoms with Gasteiger partial charge in [0.15, 0.2) is 5.82 Å². The fourth-order valence-corrected chi connectivity index (χ4v) is 3.12. The molecule has 0 saturated carbocycles. The van der Waals surface area contributed by atoms with E-state index in [0.717, 1.165) is 16.3 Å². The second-order valence-electron chi connectivity index (χ2n) is 5.57. The molecular weight excluding hydrogens is 354 g/mol. The molecule has 0 aliphatic rings. The Kier molecular flexibility index (Phi) is 4.05. The highest BCUT2D eigenvalue weighted by atomic mass is 32.1. The fraction of sp³-hybridized carbons (Fsp3) is 0.118. The molecule has 0 atom stereocenters. The second-order valence-corrected chi connectivity index (χ2v) is 6.52. The molecule has 130 valence electrons. The Morgan fingerprint density at radius 1 is 1.27 bits per heavy atom. The lowest BCUT2D eigenvalue weighted by Crippen LogP contribution is -2.02. The topological polar surface area (TPSA) is 99.9 Å². The van der Waals surface area contributed by atoms with Crippen LogP contribution in [0.2, 0.25) is 0 Å². The Labute approximate surface area is 151 Å². The zero-order valence-corrected chi connectivity index (χ0v) is 14.5. The molecule has 0 unspecified atom stereocenters. The predicted molar refractivity (Wildman–Crippen MR) is 95.8 cm³/mol. The highest BCUT2D eigenvalue weighted by molar-refractivity contribution is 7.13. The lowest BCUT2D eigenvalue weighted by molar-refractivity contribution is -0.384. The number of benzene rings is 1. The summed E-state index contributed by atoms with van der Waals surface area (Å²) >= 11 is 1.57. The minimum atomic E-state index is -0.436. The van der Waals surface area contributed by atoms with Crippen molar-refractivity contribution >= 4 is 17.0 Å². The van der Waals surface area contributed by atoms with E-state index in [2.05, 4.69) is 15.1 Å². The lowest BCUT2D eigenvalue weighted by Gasteiger charge is -1.97. The lowest BCUT2D eigenvalue weighted by atomic mass is 10.2. The number of thiophene rings is 1. The number of aromatic nitrogens is 4. The minimum absolute atomic E-state index is 0.0347. The van der Waals surface area contributed by atoms with Crippen molar-refractivity contribution < 1.29 is 9.34 Å². The van der Waals surface area contributed by atoms with E-state index in [1.807, 2.05) is 24.4 Å². The van der Waals surface area contributed by atoms with Crippen molar-refractivity contribution in [2.75, 3.05) is 0 Å². The first-order valence-electron chi connectivity index (χ1n) is 7.74. The van der Waals surface area contributed by atoms with Crippen molar-refractivity contribution in [3.05, 3.63) is 69.7 Å². The molecule has 3 aromatic heterocycles. The molecule has 3 heterocycles. The maximum absolute atomic E-state index is 10.7. The summed E-state index contributed by atoms with van der Waals surface area (Å²) < 4.78 is 7.40. The zero-order chi connectivity index (χ0) is 18.1. The molecule has 26 heavy (non-hydrogen) atoms. The summed E-state index contributed by atoms with van der Waals surface area (Å²) in [5, 5.41) is 17.1. The second kappa shape index (κ2) is 6.52. The summed E-state index contributed by atoms with van der Waals surface area (Å²) in [5.41, 5.74) is 1.53. The molecule has 0 N–H and O–H groups in total. The number of nitro groups is 1. The molecule has 0 spiro atoms. The molecule has 0 radical (unpaired) electrons. The maximum atomic E-state index is 10.7. The number of nitro benzene ring substituents is 1. The van der Waals surface area contributed by atoms with Crippen LogP contribution in [-0.2, 0) is 6.54 Å². The maximum Gasteiger partial charge on any atom is 0.269 e. The molecule has 8 nitrogen and oxygen atoms in total. The first-order valence-corrected chi connectivity index (χ1v) is 8.62. The first-order chi connectivity index (χ1) is 12.6. The van der Waals surface area contributed by atoms with Crippen LogP contribution in [0.5, 0.6) is 0 Å². The number of oxazole rings is 1. The van der Waals surface area contributed by atoms with Gasteiger partial charge in [-0.1, -0.05) is 6.07 Å². The Hall–Kier alpha value is -3.33. The van der Waals surface area contributed by atoms with E-state index in [1.165, 1.54) is 12.1 Å². The Bertz CT molecular complexity index is 1050. The third-order valence-electron chi connectivity index (χ3n) is 3.81. The van der Waals surface area contributed by atoms with Crippen molar-refractivity contribution in [1.82, 2.24) is 19.7 Å². The van der Waals surface area contributed by atoms with E-state index in [1.54, 1.807) is 34.5 Å². The van der Waals surface area contributed by atoms with Crippen LogP contribution in [-0.4, -0.2) is 24.7 Å². The number of nitrogens with zero attached hydrogens (tertiary/aromatic N) is 5. The third-order valence-corrected chi connectivity index (χ3v) is 4.67. The molecule has 1 aromatic carbocycles. The molecule has 0 bridgehead atoms. The highest BCUT2D eigenvalue weighted by Gasteiger charge is 2.14. The van der Waals surface area contributed by atoms with Gasteiger partial charge in [0.2, 0.25) is 5.89 Å². The van der Waals surface area contributed by atoms with E-state index in [4.69, 9.17) is 4.42 Å². The van der Waals surface area contributed by atoms with Crippen molar-refractivity contribution in [3.63, 3.8) is 0 Å². The SMILES string of the molecule is Cc1oc(-c2cccs2)nc1Cn1cnc(-c2ccc([N+](=O)[O-])cc2)n1. The largest absolute Gasteiger partial charge is 0.440 e. The predicted octanol–water partition coefficient (Wildman–Crippen LogP) is 3.93. The summed E-state index contributed by atoms with van der Waals surface area (Å²) in [5.74, 6) is 1.84. The van der Waals surface area contributed by atoms with Crippen molar-refractivity contribution in [2.24, 2.45) is 0 Å². The standard InChI is InChI=1S/C17H13N5O3S/c1-11-14(19-17(25-11)15-3-2-8-26-15)9-21-10-18-16(20-21)12-4-6-13(7-5-12)22(23)24/h2-8,10H,9H2,1H3. The van der Waals surface area contributed by atoms with Crippen LogP contribution in [0.4, 0.5) is 5.69 Å². The molecule has 0 aliphatic heterocycles. The molecule has 4 aromatic rings. The Morgan fingerprint density at radius 3 is 2.77 bits per heavy atom. The van der Waals surface area contributed by atoms with Gasteiger partial charge in [0.05, 0.1) is 16.3 Å². The van der Waals surface area contributed by atoms with Crippen LogP contribution in [0.25, 0.3) is 22.2 Å². The van der Waals surface area contributed by atoms with Gasteiger partial charge in [0.25, 0.3) is 5.69 Å². The van der Waals surface area contributed by atoms with Crippen LogP contribution in [0.3, 0.4) is 0 Å².